The number of carbonyl (C=O) groups excluding carboxylic acids is 1. The maximum Gasteiger partial charge on any atom is 0.253 e. The Labute approximate surface area is 219 Å². The Balaban J connectivity index is 1.62. The minimum Gasteiger partial charge on any atom is -0.440 e. The quantitative estimate of drug-likeness (QED) is 0.542. The van der Waals surface area contributed by atoms with E-state index in [9.17, 15) is 23.5 Å². The second-order valence-corrected chi connectivity index (χ2v) is 9.93. The molecule has 2 saturated heterocycles. The topological polar surface area (TPSA) is 86.5 Å². The first kappa shape index (κ1) is 26.1. The maximum atomic E-state index is 14.0. The standard InChI is InChI=1S/C28H31F2N3O5/c1-17(31(2)21-14-19(29)13-20(30)15-21)23-11-18(28(36)33-5-3-22(34)4-6-33)12-24-25(35)16-26(38-27(23)24)32-7-9-37-10-8-32/h11-17,22,34H,3-10H2,1-2H3. The van der Waals surface area contributed by atoms with Crippen molar-refractivity contribution in [2.24, 2.45) is 0 Å². The van der Waals surface area contributed by atoms with Gasteiger partial charge in [-0.1, -0.05) is 0 Å². The number of piperidine rings is 1. The molecule has 1 unspecified atom stereocenters. The predicted molar refractivity (Wildman–Crippen MR) is 140 cm³/mol. The SMILES string of the molecule is CC(c1cc(C(=O)N2CCC(O)CC2)cc2c(=O)cc(N3CCOCC3)oc12)N(C)c1cc(F)cc(F)c1. The summed E-state index contributed by atoms with van der Waals surface area (Å²) < 4.78 is 39.7. The fourth-order valence-electron chi connectivity index (χ4n) is 5.07. The van der Waals surface area contributed by atoms with Gasteiger partial charge in [-0.05, 0) is 44.0 Å². The first-order chi connectivity index (χ1) is 18.2. The fraction of sp³-hybridized carbons (Fsp3) is 0.429. The summed E-state index contributed by atoms with van der Waals surface area (Å²) in [6, 6.07) is 7.42. The van der Waals surface area contributed by atoms with Crippen LogP contribution in [0, 0.1) is 11.6 Å². The molecule has 202 valence electrons. The van der Waals surface area contributed by atoms with Crippen LogP contribution in [-0.4, -0.2) is 68.5 Å². The molecule has 5 rings (SSSR count). The number of nitrogens with zero attached hydrogens (tertiary/aromatic N) is 3. The number of hydrogen-bond donors (Lipinski definition) is 1. The van der Waals surface area contributed by atoms with Crippen molar-refractivity contribution >= 4 is 28.4 Å². The molecule has 2 aliphatic heterocycles. The number of aliphatic hydroxyl groups excluding tert-OH is 1. The molecule has 8 nitrogen and oxygen atoms in total. The van der Waals surface area contributed by atoms with Gasteiger partial charge in [-0.2, -0.15) is 0 Å². The molecular weight excluding hydrogens is 496 g/mol. The molecule has 1 N–H and O–H groups in total. The van der Waals surface area contributed by atoms with E-state index in [0.717, 1.165) is 6.07 Å². The van der Waals surface area contributed by atoms with E-state index in [4.69, 9.17) is 9.15 Å². The number of amides is 1. The Kier molecular flexibility index (Phi) is 7.36. The lowest BCUT2D eigenvalue weighted by atomic mass is 9.98. The highest BCUT2D eigenvalue weighted by atomic mass is 19.1. The summed E-state index contributed by atoms with van der Waals surface area (Å²) in [5.74, 6) is -1.26. The molecule has 3 heterocycles. The largest absolute Gasteiger partial charge is 0.440 e. The van der Waals surface area contributed by atoms with E-state index in [2.05, 4.69) is 0 Å². The summed E-state index contributed by atoms with van der Waals surface area (Å²) in [5.41, 5.74) is 1.20. The molecule has 1 aromatic heterocycles. The van der Waals surface area contributed by atoms with E-state index in [0.29, 0.717) is 80.5 Å². The summed E-state index contributed by atoms with van der Waals surface area (Å²) in [6.07, 6.45) is 0.542. The number of halogens is 2. The molecule has 0 saturated carbocycles. The maximum absolute atomic E-state index is 14.0. The number of hydrogen-bond acceptors (Lipinski definition) is 7. The lowest BCUT2D eigenvalue weighted by Crippen LogP contribution is -2.40. The zero-order valence-corrected chi connectivity index (χ0v) is 21.5. The number of fused-ring (bicyclic) bond motifs is 1. The van der Waals surface area contributed by atoms with Crippen molar-refractivity contribution in [1.29, 1.82) is 0 Å². The third-order valence-electron chi connectivity index (χ3n) is 7.45. The van der Waals surface area contributed by atoms with Crippen LogP contribution in [0.2, 0.25) is 0 Å². The molecule has 0 spiro atoms. The lowest BCUT2D eigenvalue weighted by Gasteiger charge is -2.31. The van der Waals surface area contributed by atoms with Gasteiger partial charge in [0.05, 0.1) is 30.7 Å². The number of likely N-dealkylation sites (tertiary alicyclic amines) is 1. The number of aliphatic hydroxyl groups is 1. The molecular formula is C28H31F2N3O5. The van der Waals surface area contributed by atoms with Crippen LogP contribution in [0.1, 0.15) is 41.7 Å². The first-order valence-corrected chi connectivity index (χ1v) is 12.8. The highest BCUT2D eigenvalue weighted by molar-refractivity contribution is 5.99. The van der Waals surface area contributed by atoms with Crippen molar-refractivity contribution in [3.63, 3.8) is 0 Å². The smallest absolute Gasteiger partial charge is 0.253 e. The Hall–Kier alpha value is -3.50. The highest BCUT2D eigenvalue weighted by Gasteiger charge is 2.27. The number of anilines is 2. The molecule has 2 aromatic carbocycles. The lowest BCUT2D eigenvalue weighted by molar-refractivity contribution is 0.0546. The van der Waals surface area contributed by atoms with Crippen LogP contribution in [0.25, 0.3) is 11.0 Å². The van der Waals surface area contributed by atoms with Crippen LogP contribution >= 0.6 is 0 Å². The van der Waals surface area contributed by atoms with Gasteiger partial charge in [-0.25, -0.2) is 8.78 Å². The van der Waals surface area contributed by atoms with Crippen molar-refractivity contribution in [3.8, 4) is 0 Å². The average molecular weight is 528 g/mol. The van der Waals surface area contributed by atoms with Crippen molar-refractivity contribution < 1.29 is 27.8 Å². The van der Waals surface area contributed by atoms with Gasteiger partial charge in [0, 0.05) is 62.2 Å². The minimum absolute atomic E-state index is 0.247. The number of morpholine rings is 1. The predicted octanol–water partition coefficient (Wildman–Crippen LogP) is 3.70. The second-order valence-electron chi connectivity index (χ2n) is 9.93. The van der Waals surface area contributed by atoms with Crippen molar-refractivity contribution in [2.45, 2.75) is 31.9 Å². The molecule has 0 bridgehead atoms. The molecule has 0 aliphatic carbocycles. The zero-order chi connectivity index (χ0) is 27.0. The highest BCUT2D eigenvalue weighted by Crippen LogP contribution is 2.34. The van der Waals surface area contributed by atoms with Gasteiger partial charge >= 0.3 is 0 Å². The number of rotatable bonds is 5. The van der Waals surface area contributed by atoms with Crippen molar-refractivity contribution in [3.05, 3.63) is 69.4 Å². The third-order valence-corrected chi connectivity index (χ3v) is 7.45. The van der Waals surface area contributed by atoms with Gasteiger partial charge in [0.1, 0.15) is 17.2 Å². The summed E-state index contributed by atoms with van der Waals surface area (Å²) in [7, 11) is 1.69. The summed E-state index contributed by atoms with van der Waals surface area (Å²) in [4.78, 5) is 32.1. The summed E-state index contributed by atoms with van der Waals surface area (Å²) >= 11 is 0. The van der Waals surface area contributed by atoms with Crippen LogP contribution in [-0.2, 0) is 4.74 Å². The third kappa shape index (κ3) is 5.23. The molecule has 2 fully saturated rings. The Morgan fingerprint density at radius 1 is 1.03 bits per heavy atom. The molecule has 0 radical (unpaired) electrons. The first-order valence-electron chi connectivity index (χ1n) is 12.8. The van der Waals surface area contributed by atoms with Crippen LogP contribution in [0.5, 0.6) is 0 Å². The summed E-state index contributed by atoms with van der Waals surface area (Å²) in [5, 5.41) is 10.1. The van der Waals surface area contributed by atoms with Gasteiger partial charge in [0.2, 0.25) is 0 Å². The van der Waals surface area contributed by atoms with Gasteiger partial charge < -0.3 is 29.0 Å². The second kappa shape index (κ2) is 10.7. The number of ether oxygens (including phenoxy) is 1. The Bertz CT molecular complexity index is 1380. The number of carbonyl (C=O) groups is 1. The van der Waals surface area contributed by atoms with Crippen LogP contribution in [0.4, 0.5) is 20.4 Å². The fourth-order valence-corrected chi connectivity index (χ4v) is 5.07. The van der Waals surface area contributed by atoms with E-state index in [1.54, 1.807) is 29.0 Å². The van der Waals surface area contributed by atoms with Crippen LogP contribution in [0.3, 0.4) is 0 Å². The minimum atomic E-state index is -0.707. The number of benzene rings is 2. The Morgan fingerprint density at radius 3 is 2.34 bits per heavy atom. The summed E-state index contributed by atoms with van der Waals surface area (Å²) in [6.45, 7) is 4.81. The van der Waals surface area contributed by atoms with E-state index in [1.165, 1.54) is 18.2 Å². The van der Waals surface area contributed by atoms with Gasteiger partial charge in [-0.3, -0.25) is 9.59 Å². The molecule has 1 amide bonds. The van der Waals surface area contributed by atoms with Gasteiger partial charge in [0.15, 0.2) is 11.3 Å². The van der Waals surface area contributed by atoms with E-state index in [-0.39, 0.29) is 16.7 Å². The van der Waals surface area contributed by atoms with Crippen LogP contribution < -0.4 is 15.2 Å². The van der Waals surface area contributed by atoms with Crippen molar-refractivity contribution in [2.75, 3.05) is 56.2 Å². The van der Waals surface area contributed by atoms with Gasteiger partial charge in [0.25, 0.3) is 5.91 Å². The molecule has 1 atom stereocenters. The molecule has 38 heavy (non-hydrogen) atoms. The molecule has 3 aromatic rings. The average Bonchev–Trinajstić information content (AvgIpc) is 2.91. The molecule has 2 aliphatic rings. The zero-order valence-electron chi connectivity index (χ0n) is 21.5. The van der Waals surface area contributed by atoms with Gasteiger partial charge in [-0.15, -0.1) is 0 Å². The Morgan fingerprint density at radius 2 is 1.68 bits per heavy atom. The van der Waals surface area contributed by atoms with E-state index in [1.807, 2.05) is 11.8 Å². The molecule has 10 heteroatoms. The van der Waals surface area contributed by atoms with E-state index >= 15 is 0 Å². The normalized spacial score (nSPS) is 17.6. The van der Waals surface area contributed by atoms with E-state index < -0.39 is 23.8 Å². The van der Waals surface area contributed by atoms with Crippen molar-refractivity contribution in [1.82, 2.24) is 4.90 Å². The van der Waals surface area contributed by atoms with Crippen LogP contribution in [0.15, 0.2) is 45.6 Å². The monoisotopic (exact) mass is 527 g/mol.